The topological polar surface area (TPSA) is 177 Å². The van der Waals surface area contributed by atoms with Crippen LogP contribution in [0.25, 0.3) is 54.3 Å². The summed E-state index contributed by atoms with van der Waals surface area (Å²) in [6.07, 6.45) is 8.94. The maximum absolute atomic E-state index is 13.3. The van der Waals surface area contributed by atoms with Gasteiger partial charge in [-0.1, -0.05) is 193 Å². The molecule has 0 saturated carbocycles. The van der Waals surface area contributed by atoms with E-state index in [1.807, 2.05) is 182 Å². The zero-order valence-corrected chi connectivity index (χ0v) is 76.7. The highest BCUT2D eigenvalue weighted by Gasteiger charge is 2.26. The van der Waals surface area contributed by atoms with Crippen molar-refractivity contribution in [3.05, 3.63) is 273 Å². The lowest BCUT2D eigenvalue weighted by atomic mass is 10.1. The molecular weight excluding hydrogens is 1660 g/mol. The monoisotopic (exact) mass is 1770 g/mol. The third-order valence-electron chi connectivity index (χ3n) is 24.2. The molecule has 21 nitrogen and oxygen atoms in total. The molecule has 3 saturated heterocycles. The van der Waals surface area contributed by atoms with Crippen LogP contribution in [0, 0.1) is 19.8 Å². The van der Waals surface area contributed by atoms with Crippen LogP contribution in [-0.4, -0.2) is 226 Å². The SMILES string of the molecule is COc1cccc2c(C(=O)NCC(C)C)cn(CCCN3CCN(CCOc4ccc(Cl)c5ccccc45)CC3)c12.COc1cccc2c(C(=O)NCc3cccc(C)c3)cn(CCCN3CCN(CCOc4ccc(Cl)c5ccccc45)CC3)c12.COc1cccc2c(C(=O)NCc3cccc(C)c3)cn(CCCN3CCN(CCOc4ccc(Cl)cc4)CC3)c12. The molecule has 127 heavy (non-hydrogen) atoms. The van der Waals surface area contributed by atoms with Gasteiger partial charge in [0, 0.05) is 209 Å². The number of rotatable bonds is 36. The number of carbonyl (C=O) groups is 3. The summed E-state index contributed by atoms with van der Waals surface area (Å²) in [7, 11) is 5.06. The maximum atomic E-state index is 13.3. The van der Waals surface area contributed by atoms with E-state index in [4.69, 9.17) is 63.2 Å². The van der Waals surface area contributed by atoms with Crippen molar-refractivity contribution >= 4 is 107 Å². The van der Waals surface area contributed by atoms with Crippen molar-refractivity contribution in [1.82, 2.24) is 59.1 Å². The van der Waals surface area contributed by atoms with E-state index in [9.17, 15) is 14.4 Å². The summed E-state index contributed by atoms with van der Waals surface area (Å²) in [5.41, 5.74) is 9.55. The number of para-hydroxylation sites is 3. The number of carbonyl (C=O) groups excluding carboxylic acids is 3. The second-order valence-corrected chi connectivity index (χ2v) is 34.8. The standard InChI is InChI=1S/C37H41ClN4O3.C33H39ClN4O3.C33H41ClN4O3/c1-27-8-5-9-28(24-27)25-39-37(43)32-26-42(36-31(32)12-6-13-35(36)44-2)17-7-16-40-18-20-41(21-19-40)22-23-45-34-15-14-33(38)29-10-3-4-11-30(29)34;1-25-6-3-7-26(22-25)23-35-33(39)30-24-38(32-29(30)8-4-9-31(32)40-2)15-5-14-36-16-18-37(19-17-36)20-21-41-28-12-10-27(34)11-13-28;1-24(2)22-35-33(39)28-23-38(32-27(28)10-6-11-31(32)40-3)15-7-14-36-16-18-37(19-17-36)20-21-41-30-13-12-29(34)25-8-4-5-9-26(25)30/h3-6,8-15,24,26H,7,16-23,25H2,1-2H3,(H,39,43);3-4,6-13,22,24H,5,14-21,23H2,1-2H3,(H,35,39);4-6,8-13,23-24H,7,14-22H2,1-3H3,(H,35,39). The first kappa shape index (κ1) is 92.4. The molecule has 16 rings (SSSR count). The molecule has 10 aromatic carbocycles. The first-order valence-corrected chi connectivity index (χ1v) is 45.8. The maximum Gasteiger partial charge on any atom is 0.253 e. The zero-order valence-electron chi connectivity index (χ0n) is 74.4. The molecule has 0 spiro atoms. The van der Waals surface area contributed by atoms with Gasteiger partial charge in [-0.25, -0.2) is 0 Å². The number of aromatic nitrogens is 3. The molecule has 3 aliphatic rings. The van der Waals surface area contributed by atoms with Crippen molar-refractivity contribution in [2.75, 3.05) is 166 Å². The number of amides is 3. The summed E-state index contributed by atoms with van der Waals surface area (Å²) in [6.45, 7) is 32.6. The lowest BCUT2D eigenvalue weighted by Gasteiger charge is -2.34. The Bertz CT molecular complexity index is 5810. The van der Waals surface area contributed by atoms with E-state index in [2.05, 4.69) is 123 Å². The molecule has 3 N–H and O–H groups in total. The third-order valence-corrected chi connectivity index (χ3v) is 25.1. The Morgan fingerprint density at radius 1 is 0.339 bits per heavy atom. The van der Waals surface area contributed by atoms with E-state index in [1.165, 1.54) is 11.1 Å². The number of hydrogen-bond donors (Lipinski definition) is 3. The molecule has 13 aromatic rings. The van der Waals surface area contributed by atoms with Gasteiger partial charge in [-0.15, -0.1) is 0 Å². The molecule has 3 aliphatic heterocycles. The van der Waals surface area contributed by atoms with Crippen molar-refractivity contribution in [2.24, 2.45) is 5.92 Å². The fourth-order valence-electron chi connectivity index (χ4n) is 17.4. The number of hydrogen-bond acceptors (Lipinski definition) is 15. The van der Waals surface area contributed by atoms with E-state index < -0.39 is 0 Å². The average molecular weight is 1780 g/mol. The molecule has 0 radical (unpaired) electrons. The Labute approximate surface area is 762 Å². The number of methoxy groups -OCH3 is 3. The van der Waals surface area contributed by atoms with Gasteiger partial charge in [-0.3, -0.25) is 29.1 Å². The Hall–Kier alpha value is -10.8. The highest BCUT2D eigenvalue weighted by molar-refractivity contribution is 6.36. The number of aryl methyl sites for hydroxylation is 5. The van der Waals surface area contributed by atoms with Crippen LogP contribution in [0.15, 0.2) is 219 Å². The largest absolute Gasteiger partial charge is 0.495 e. The molecule has 3 amide bonds. The van der Waals surface area contributed by atoms with Gasteiger partial charge < -0.3 is 72.8 Å². The second kappa shape index (κ2) is 45.7. The molecule has 6 heterocycles. The van der Waals surface area contributed by atoms with Crippen LogP contribution in [0.5, 0.6) is 34.5 Å². The van der Waals surface area contributed by atoms with Gasteiger partial charge in [0.25, 0.3) is 17.7 Å². The van der Waals surface area contributed by atoms with E-state index in [0.29, 0.717) is 62.1 Å². The molecule has 668 valence electrons. The lowest BCUT2D eigenvalue weighted by molar-refractivity contribution is 0.0943. The predicted octanol–water partition coefficient (Wildman–Crippen LogP) is 18.3. The fraction of sp³-hybridized carbons (Fsp3) is 0.369. The van der Waals surface area contributed by atoms with Crippen LogP contribution >= 0.6 is 34.8 Å². The smallest absolute Gasteiger partial charge is 0.253 e. The first-order chi connectivity index (χ1) is 61.9. The highest BCUT2D eigenvalue weighted by Crippen LogP contribution is 2.37. The Balaban J connectivity index is 0.000000155. The first-order valence-electron chi connectivity index (χ1n) is 44.7. The minimum atomic E-state index is -0.0714. The summed E-state index contributed by atoms with van der Waals surface area (Å²) in [6, 6.07) is 65.7. The van der Waals surface area contributed by atoms with Crippen LogP contribution < -0.4 is 44.4 Å². The number of benzene rings is 10. The summed E-state index contributed by atoms with van der Waals surface area (Å²) >= 11 is 18.7. The molecule has 0 unspecified atom stereocenters. The van der Waals surface area contributed by atoms with Crippen molar-refractivity contribution in [1.29, 1.82) is 0 Å². The van der Waals surface area contributed by atoms with E-state index >= 15 is 0 Å². The number of piperazine rings is 3. The average Bonchev–Trinajstić information content (AvgIpc) is 1.64. The summed E-state index contributed by atoms with van der Waals surface area (Å²) < 4.78 is 41.8. The second-order valence-electron chi connectivity index (χ2n) is 33.5. The number of ether oxygens (including phenoxy) is 6. The number of halogens is 3. The Morgan fingerprint density at radius 2 is 0.661 bits per heavy atom. The summed E-state index contributed by atoms with van der Waals surface area (Å²) in [5.74, 6) is 5.23. The normalized spacial score (nSPS) is 14.4. The van der Waals surface area contributed by atoms with E-state index in [1.54, 1.807) is 21.3 Å². The van der Waals surface area contributed by atoms with Gasteiger partial charge in [0.05, 0.1) is 54.6 Å². The zero-order chi connectivity index (χ0) is 88.5. The number of nitrogens with one attached hydrogen (secondary N) is 3. The van der Waals surface area contributed by atoms with Gasteiger partial charge >= 0.3 is 0 Å². The van der Waals surface area contributed by atoms with Crippen molar-refractivity contribution in [3.63, 3.8) is 0 Å². The van der Waals surface area contributed by atoms with E-state index in [0.717, 1.165) is 272 Å². The molecule has 24 heteroatoms. The van der Waals surface area contributed by atoms with Gasteiger partial charge in [-0.2, -0.15) is 0 Å². The minimum absolute atomic E-state index is 0.0277. The van der Waals surface area contributed by atoms with Crippen LogP contribution in [0.3, 0.4) is 0 Å². The molecule has 0 bridgehead atoms. The van der Waals surface area contributed by atoms with Gasteiger partial charge in [-0.05, 0) is 137 Å². The number of fused-ring (bicyclic) bond motifs is 5. The minimum Gasteiger partial charge on any atom is -0.495 e. The predicted molar refractivity (Wildman–Crippen MR) is 516 cm³/mol. The molecule has 3 aromatic heterocycles. The highest BCUT2D eigenvalue weighted by atomic mass is 35.5. The molecular formula is C103H121Cl3N12O9. The quantitative estimate of drug-likeness (QED) is 0.0338. The van der Waals surface area contributed by atoms with Gasteiger partial charge in [0.15, 0.2) is 0 Å². The lowest BCUT2D eigenvalue weighted by Crippen LogP contribution is -2.47. The van der Waals surface area contributed by atoms with E-state index in [-0.39, 0.29) is 17.7 Å². The molecule has 3 fully saturated rings. The number of nitrogens with zero attached hydrogens (tertiary/aromatic N) is 9. The Kier molecular flexibility index (Phi) is 33.3. The molecule has 0 atom stereocenters. The third kappa shape index (κ3) is 24.7. The van der Waals surface area contributed by atoms with Crippen molar-refractivity contribution < 1.29 is 42.8 Å². The fourth-order valence-corrected chi connectivity index (χ4v) is 17.9. The Morgan fingerprint density at radius 3 is 1.01 bits per heavy atom. The van der Waals surface area contributed by atoms with Crippen molar-refractivity contribution in [3.8, 4) is 34.5 Å². The summed E-state index contributed by atoms with van der Waals surface area (Å²) in [4.78, 5) is 54.5. The van der Waals surface area contributed by atoms with Crippen LogP contribution in [0.4, 0.5) is 0 Å². The van der Waals surface area contributed by atoms with Crippen LogP contribution in [0.2, 0.25) is 15.1 Å². The van der Waals surface area contributed by atoms with Gasteiger partial charge in [0.1, 0.15) is 54.3 Å². The molecule has 0 aliphatic carbocycles. The van der Waals surface area contributed by atoms with Crippen LogP contribution in [0.1, 0.15) is 86.4 Å². The van der Waals surface area contributed by atoms with Crippen LogP contribution in [-0.2, 0) is 32.7 Å². The van der Waals surface area contributed by atoms with Gasteiger partial charge in [0.2, 0.25) is 0 Å². The summed E-state index contributed by atoms with van der Waals surface area (Å²) in [5, 5.41) is 18.4. The van der Waals surface area contributed by atoms with Crippen molar-refractivity contribution in [2.45, 2.75) is 79.7 Å².